The second kappa shape index (κ2) is 16.2. The van der Waals surface area contributed by atoms with Gasteiger partial charge in [0.2, 0.25) is 0 Å². The first-order valence-corrected chi connectivity index (χ1v) is 15.8. The molecule has 0 unspecified atom stereocenters. The van der Waals surface area contributed by atoms with E-state index in [4.69, 9.17) is 20.9 Å². The number of hydrogen-bond donors (Lipinski definition) is 4. The number of ether oxygens (including phenoxy) is 2. The molecule has 2 amide bonds. The van der Waals surface area contributed by atoms with Crippen molar-refractivity contribution in [2.45, 2.75) is 51.6 Å². The van der Waals surface area contributed by atoms with E-state index in [2.05, 4.69) is 30.6 Å². The highest BCUT2D eigenvalue weighted by molar-refractivity contribution is 6.04. The maximum Gasteiger partial charge on any atom is 0.282 e. The smallest absolute Gasteiger partial charge is 0.282 e. The zero-order chi connectivity index (χ0) is 33.9. The summed E-state index contributed by atoms with van der Waals surface area (Å²) in [5.41, 5.74) is 17.7. The average Bonchev–Trinajstić information content (AvgIpc) is 3.71. The summed E-state index contributed by atoms with van der Waals surface area (Å²) in [6.45, 7) is 4.91. The van der Waals surface area contributed by atoms with E-state index in [0.29, 0.717) is 24.5 Å². The number of aryl methyl sites for hydroxylation is 4. The largest absolute Gasteiger partial charge is 0.463 e. The molecule has 4 aromatic rings. The van der Waals surface area contributed by atoms with Crippen molar-refractivity contribution in [3.63, 3.8) is 0 Å². The molecule has 0 saturated carbocycles. The van der Waals surface area contributed by atoms with Crippen LogP contribution in [0.15, 0.2) is 95.2 Å². The van der Waals surface area contributed by atoms with Crippen molar-refractivity contribution in [1.29, 1.82) is 0 Å². The summed E-state index contributed by atoms with van der Waals surface area (Å²) in [4.78, 5) is 41.0. The monoisotopic (exact) mass is 648 g/mol. The lowest BCUT2D eigenvalue weighted by Crippen LogP contribution is -2.13. The highest BCUT2D eigenvalue weighted by Crippen LogP contribution is 2.17. The van der Waals surface area contributed by atoms with Crippen LogP contribution in [0.3, 0.4) is 0 Å². The quantitative estimate of drug-likeness (QED) is 0.193. The van der Waals surface area contributed by atoms with Crippen molar-refractivity contribution in [2.75, 3.05) is 23.8 Å². The minimum absolute atomic E-state index is 0.136. The zero-order valence-electron chi connectivity index (χ0n) is 27.1. The summed E-state index contributed by atoms with van der Waals surface area (Å²) < 4.78 is 10.3. The first-order chi connectivity index (χ1) is 23.2. The number of nitrogens with one attached hydrogen (secondary N) is 2. The maximum absolute atomic E-state index is 12.2. The molecular weight excluding hydrogens is 608 g/mol. The van der Waals surface area contributed by atoms with Gasteiger partial charge in [0, 0.05) is 35.0 Å². The van der Waals surface area contributed by atoms with Gasteiger partial charge in [-0.15, -0.1) is 0 Å². The molecule has 2 aromatic heterocycles. The van der Waals surface area contributed by atoms with Crippen LogP contribution in [0.4, 0.5) is 11.4 Å². The standard InChI is InChI=1S/2C18H20N4O2/c1-12-2-9-16(20-10-12)17(23)21-14-6-3-13(4-7-14)5-8-15-11-24-18(19)22-15;1-12-10-14(8-9-20-12)17(23)21-15-5-2-13(3-6-15)4-7-16-11-24-18(19)22-16/h2-4,6-7,9-10,15H,5,8,11H2,1H3,(H2,19,22)(H,21,23);2-3,5-6,8-10,16H,4,7,11H2,1H3,(H2,19,22)(H,21,23)/t15-;16-/m00/s1. The first kappa shape index (κ1) is 33.6. The topological polar surface area (TPSA) is 179 Å². The second-order valence-corrected chi connectivity index (χ2v) is 11.7. The third-order valence-corrected chi connectivity index (χ3v) is 7.73. The lowest BCUT2D eigenvalue weighted by molar-refractivity contribution is 0.101. The lowest BCUT2D eigenvalue weighted by Gasteiger charge is -2.08. The fourth-order valence-corrected chi connectivity index (χ4v) is 5.03. The minimum atomic E-state index is -0.212. The molecule has 0 aliphatic carbocycles. The van der Waals surface area contributed by atoms with Crippen LogP contribution >= 0.6 is 0 Å². The number of nitrogens with two attached hydrogens (primary N) is 2. The third kappa shape index (κ3) is 10.1. The van der Waals surface area contributed by atoms with E-state index >= 15 is 0 Å². The van der Waals surface area contributed by atoms with E-state index in [0.717, 1.165) is 48.3 Å². The second-order valence-electron chi connectivity index (χ2n) is 11.7. The normalized spacial score (nSPS) is 16.4. The number of aromatic nitrogens is 2. The van der Waals surface area contributed by atoms with Gasteiger partial charge >= 0.3 is 0 Å². The van der Waals surface area contributed by atoms with Crippen molar-refractivity contribution >= 4 is 35.2 Å². The summed E-state index contributed by atoms with van der Waals surface area (Å²) in [5, 5.41) is 5.74. The Balaban J connectivity index is 0.000000188. The van der Waals surface area contributed by atoms with Gasteiger partial charge < -0.3 is 31.6 Å². The van der Waals surface area contributed by atoms with Crippen LogP contribution in [-0.4, -0.2) is 59.1 Å². The molecule has 0 saturated heterocycles. The van der Waals surface area contributed by atoms with Gasteiger partial charge in [-0.3, -0.25) is 19.6 Å². The van der Waals surface area contributed by atoms with Crippen molar-refractivity contribution in [1.82, 2.24) is 9.97 Å². The Labute approximate surface area is 279 Å². The van der Waals surface area contributed by atoms with E-state index in [1.165, 1.54) is 11.1 Å². The van der Waals surface area contributed by atoms with Gasteiger partial charge in [0.15, 0.2) is 0 Å². The Morgan fingerprint density at radius 2 is 1.27 bits per heavy atom. The molecule has 2 aliphatic heterocycles. The molecule has 2 aliphatic rings. The first-order valence-electron chi connectivity index (χ1n) is 15.8. The Morgan fingerprint density at radius 3 is 1.73 bits per heavy atom. The number of aliphatic imine (C=N–C) groups is 2. The van der Waals surface area contributed by atoms with Crippen molar-refractivity contribution in [3.8, 4) is 0 Å². The minimum Gasteiger partial charge on any atom is -0.463 e. The van der Waals surface area contributed by atoms with Gasteiger partial charge in [-0.05, 0) is 98.7 Å². The number of pyridine rings is 2. The number of amides is 2. The number of benzene rings is 2. The van der Waals surface area contributed by atoms with Gasteiger partial charge in [-0.2, -0.15) is 0 Å². The molecule has 48 heavy (non-hydrogen) atoms. The molecule has 12 heteroatoms. The van der Waals surface area contributed by atoms with Crippen LogP contribution in [0.2, 0.25) is 0 Å². The predicted octanol–water partition coefficient (Wildman–Crippen LogP) is 4.58. The van der Waals surface area contributed by atoms with Crippen LogP contribution < -0.4 is 22.1 Å². The molecule has 12 nitrogen and oxygen atoms in total. The molecule has 0 radical (unpaired) electrons. The third-order valence-electron chi connectivity index (χ3n) is 7.73. The summed E-state index contributed by atoms with van der Waals surface area (Å²) in [6.07, 6.45) is 6.87. The molecule has 2 atom stereocenters. The van der Waals surface area contributed by atoms with E-state index in [1.54, 1.807) is 30.6 Å². The number of nitrogens with zero attached hydrogens (tertiary/aromatic N) is 4. The lowest BCUT2D eigenvalue weighted by atomic mass is 10.1. The summed E-state index contributed by atoms with van der Waals surface area (Å²) >= 11 is 0. The summed E-state index contributed by atoms with van der Waals surface area (Å²) in [6, 6.07) is 23.5. The van der Waals surface area contributed by atoms with Crippen LogP contribution in [0, 0.1) is 13.8 Å². The highest BCUT2D eigenvalue weighted by Gasteiger charge is 2.17. The van der Waals surface area contributed by atoms with Crippen molar-refractivity contribution < 1.29 is 19.1 Å². The van der Waals surface area contributed by atoms with Gasteiger partial charge in [-0.1, -0.05) is 30.3 Å². The average molecular weight is 649 g/mol. The fourth-order valence-electron chi connectivity index (χ4n) is 5.03. The molecule has 6 N–H and O–H groups in total. The van der Waals surface area contributed by atoms with Gasteiger partial charge in [0.25, 0.3) is 23.9 Å². The van der Waals surface area contributed by atoms with Crippen LogP contribution in [-0.2, 0) is 22.3 Å². The molecule has 0 spiro atoms. The van der Waals surface area contributed by atoms with E-state index in [1.807, 2.05) is 68.4 Å². The molecule has 248 valence electrons. The van der Waals surface area contributed by atoms with Gasteiger partial charge in [-0.25, -0.2) is 9.98 Å². The van der Waals surface area contributed by atoms with E-state index in [9.17, 15) is 9.59 Å². The molecule has 0 bridgehead atoms. The van der Waals surface area contributed by atoms with Crippen LogP contribution in [0.25, 0.3) is 0 Å². The number of anilines is 2. The Kier molecular flexibility index (Phi) is 11.3. The fraction of sp³-hybridized carbons (Fsp3) is 0.278. The molecule has 0 fully saturated rings. The van der Waals surface area contributed by atoms with Crippen molar-refractivity contribution in [3.05, 3.63) is 119 Å². The zero-order valence-corrected chi connectivity index (χ0v) is 27.1. The number of amidine groups is 2. The maximum atomic E-state index is 12.2. The molecule has 6 rings (SSSR count). The number of hydrogen-bond acceptors (Lipinski definition) is 10. The van der Waals surface area contributed by atoms with E-state index in [-0.39, 0.29) is 35.9 Å². The Morgan fingerprint density at radius 1 is 0.729 bits per heavy atom. The Bertz CT molecular complexity index is 1760. The van der Waals surface area contributed by atoms with Crippen LogP contribution in [0.1, 0.15) is 56.1 Å². The number of carbonyl (C=O) groups excluding carboxylic acids is 2. The predicted molar refractivity (Wildman–Crippen MR) is 186 cm³/mol. The Hall–Kier alpha value is -5.78. The van der Waals surface area contributed by atoms with Crippen LogP contribution in [0.5, 0.6) is 0 Å². The number of carbonyl (C=O) groups is 2. The van der Waals surface area contributed by atoms with Gasteiger partial charge in [0.1, 0.15) is 18.9 Å². The highest BCUT2D eigenvalue weighted by atomic mass is 16.5. The molecular formula is C36H40N8O4. The molecule has 2 aromatic carbocycles. The van der Waals surface area contributed by atoms with Crippen molar-refractivity contribution in [2.24, 2.45) is 21.5 Å². The molecule has 4 heterocycles. The SMILES string of the molecule is Cc1cc(C(=O)Nc2ccc(CC[C@H]3COC(N)=N3)cc2)ccn1.Cc1ccc(C(=O)Nc2ccc(CC[C@H]3COC(N)=N3)cc2)nc1. The van der Waals surface area contributed by atoms with Gasteiger partial charge in [0.05, 0.1) is 12.1 Å². The summed E-state index contributed by atoms with van der Waals surface area (Å²) in [7, 11) is 0. The number of rotatable bonds is 10. The van der Waals surface area contributed by atoms with E-state index < -0.39 is 0 Å². The summed E-state index contributed by atoms with van der Waals surface area (Å²) in [5.74, 6) is -0.350.